The molecule has 0 fully saturated rings. The molecule has 0 saturated carbocycles. The molecule has 0 aliphatic heterocycles. The van der Waals surface area contributed by atoms with Gasteiger partial charge in [0.1, 0.15) is 0 Å². The SMILES string of the molecule is C1=CC(n2c3ccccc3c3ccccc32)CC(c2ccc(N(c3ccc(-c4ccccc4)cc3)c3ccc(-c4cccc5ccccc45)cc3)cc2-c2cccc3ccccc23)=C1. The van der Waals surface area contributed by atoms with Crippen molar-refractivity contribution in [2.45, 2.75) is 12.5 Å². The van der Waals surface area contributed by atoms with Gasteiger partial charge in [0.2, 0.25) is 0 Å². The number of benzene rings is 10. The minimum absolute atomic E-state index is 0.157. The molecule has 10 aromatic carbocycles. The molecule has 64 heavy (non-hydrogen) atoms. The van der Waals surface area contributed by atoms with E-state index in [1.807, 2.05) is 0 Å². The van der Waals surface area contributed by atoms with Crippen LogP contribution in [0.2, 0.25) is 0 Å². The molecular formula is C62H44N2. The predicted octanol–water partition coefficient (Wildman–Crippen LogP) is 17.2. The van der Waals surface area contributed by atoms with Crippen LogP contribution in [0, 0.1) is 0 Å². The Morgan fingerprint density at radius 2 is 0.859 bits per heavy atom. The molecule has 0 radical (unpaired) electrons. The number of allylic oxidation sites excluding steroid dienone is 4. The van der Waals surface area contributed by atoms with Crippen LogP contribution < -0.4 is 4.90 Å². The zero-order valence-corrected chi connectivity index (χ0v) is 35.4. The van der Waals surface area contributed by atoms with Crippen molar-refractivity contribution in [3.05, 3.63) is 254 Å². The Morgan fingerprint density at radius 1 is 0.359 bits per heavy atom. The van der Waals surface area contributed by atoms with Crippen molar-refractivity contribution < 1.29 is 0 Å². The molecule has 12 rings (SSSR count). The highest BCUT2D eigenvalue weighted by molar-refractivity contribution is 6.08. The van der Waals surface area contributed by atoms with Crippen LogP contribution in [0.4, 0.5) is 17.1 Å². The molecule has 0 amide bonds. The Balaban J connectivity index is 1.01. The first kappa shape index (κ1) is 37.6. The Kier molecular flexibility index (Phi) is 9.34. The van der Waals surface area contributed by atoms with Crippen molar-refractivity contribution in [2.75, 3.05) is 4.90 Å². The van der Waals surface area contributed by atoms with Crippen LogP contribution in [-0.4, -0.2) is 4.57 Å². The predicted molar refractivity (Wildman–Crippen MR) is 273 cm³/mol. The monoisotopic (exact) mass is 816 g/mol. The zero-order valence-electron chi connectivity index (χ0n) is 35.4. The van der Waals surface area contributed by atoms with Crippen LogP contribution in [-0.2, 0) is 0 Å². The van der Waals surface area contributed by atoms with Crippen molar-refractivity contribution in [3.63, 3.8) is 0 Å². The van der Waals surface area contributed by atoms with E-state index in [2.05, 4.69) is 258 Å². The summed E-state index contributed by atoms with van der Waals surface area (Å²) in [6.07, 6.45) is 7.85. The van der Waals surface area contributed by atoms with Gasteiger partial charge in [-0.05, 0) is 121 Å². The van der Waals surface area contributed by atoms with Gasteiger partial charge in [0, 0.05) is 38.9 Å². The fourth-order valence-electron chi connectivity index (χ4n) is 10.1. The molecule has 1 aromatic heterocycles. The molecule has 11 aromatic rings. The number of hydrogen-bond donors (Lipinski definition) is 0. The summed E-state index contributed by atoms with van der Waals surface area (Å²) in [6.45, 7) is 0. The summed E-state index contributed by atoms with van der Waals surface area (Å²) < 4.78 is 2.54. The maximum Gasteiger partial charge on any atom is 0.0566 e. The van der Waals surface area contributed by atoms with E-state index in [-0.39, 0.29) is 6.04 Å². The average Bonchev–Trinajstić information content (AvgIpc) is 3.71. The molecule has 0 N–H and O–H groups in total. The van der Waals surface area contributed by atoms with E-state index in [1.54, 1.807) is 0 Å². The summed E-state index contributed by atoms with van der Waals surface area (Å²) in [6, 6.07) is 84.4. The lowest BCUT2D eigenvalue weighted by Crippen LogP contribution is -2.12. The van der Waals surface area contributed by atoms with Crippen molar-refractivity contribution in [1.82, 2.24) is 4.57 Å². The zero-order chi connectivity index (χ0) is 42.4. The lowest BCUT2D eigenvalue weighted by Gasteiger charge is -2.28. The normalized spacial score (nSPS) is 13.8. The van der Waals surface area contributed by atoms with Crippen LogP contribution in [0.25, 0.3) is 82.3 Å². The first-order valence-corrected chi connectivity index (χ1v) is 22.3. The molecule has 1 aliphatic carbocycles. The van der Waals surface area contributed by atoms with Gasteiger partial charge in [-0.3, -0.25) is 0 Å². The second kappa shape index (κ2) is 15.9. The minimum atomic E-state index is 0.157. The number of aromatic nitrogens is 1. The van der Waals surface area contributed by atoms with E-state index in [1.165, 1.54) is 87.9 Å². The summed E-state index contributed by atoms with van der Waals surface area (Å²) in [7, 11) is 0. The Labute approximate surface area is 373 Å². The standard InChI is InChI=1S/C62H44N2/c1-2-15-43(16-3-1)44-31-35-49(36-32-44)63(50-37-33-47(34-38-50)54-27-13-19-45-17-4-6-23-53(45)54)52-39-40-56(60(42-52)57-28-14-20-46-18-5-7-24-55(46)57)48-21-12-22-51(41-48)64-61-29-10-8-25-58(61)59-26-9-11-30-62(59)64/h1-40,42,51H,41H2. The van der Waals surface area contributed by atoms with Gasteiger partial charge in [-0.15, -0.1) is 0 Å². The van der Waals surface area contributed by atoms with E-state index in [9.17, 15) is 0 Å². The molecular weight excluding hydrogens is 773 g/mol. The summed E-state index contributed by atoms with van der Waals surface area (Å²) in [5.41, 5.74) is 15.7. The third-order valence-corrected chi connectivity index (χ3v) is 13.2. The third-order valence-electron chi connectivity index (χ3n) is 13.2. The van der Waals surface area contributed by atoms with Crippen LogP contribution in [0.1, 0.15) is 18.0 Å². The van der Waals surface area contributed by atoms with Gasteiger partial charge >= 0.3 is 0 Å². The van der Waals surface area contributed by atoms with Crippen LogP contribution in [0.15, 0.2) is 249 Å². The molecule has 1 unspecified atom stereocenters. The molecule has 1 atom stereocenters. The smallest absolute Gasteiger partial charge is 0.0566 e. The Bertz CT molecular complexity index is 3510. The number of hydrogen-bond acceptors (Lipinski definition) is 1. The molecule has 0 saturated heterocycles. The Hall–Kier alpha value is -8.20. The molecule has 2 heteroatoms. The summed E-state index contributed by atoms with van der Waals surface area (Å²) in [5, 5.41) is 7.57. The van der Waals surface area contributed by atoms with Crippen LogP contribution in [0.3, 0.4) is 0 Å². The van der Waals surface area contributed by atoms with E-state index in [0.717, 1.165) is 23.5 Å². The number of nitrogens with zero attached hydrogens (tertiary/aromatic N) is 2. The van der Waals surface area contributed by atoms with E-state index >= 15 is 0 Å². The topological polar surface area (TPSA) is 8.17 Å². The summed E-state index contributed by atoms with van der Waals surface area (Å²) >= 11 is 0. The number of anilines is 3. The number of fused-ring (bicyclic) bond motifs is 5. The van der Waals surface area contributed by atoms with Crippen molar-refractivity contribution in [2.24, 2.45) is 0 Å². The van der Waals surface area contributed by atoms with E-state index in [0.29, 0.717) is 0 Å². The number of para-hydroxylation sites is 2. The van der Waals surface area contributed by atoms with Gasteiger partial charge in [-0.1, -0.05) is 200 Å². The highest BCUT2D eigenvalue weighted by Crippen LogP contribution is 2.45. The van der Waals surface area contributed by atoms with E-state index < -0.39 is 0 Å². The van der Waals surface area contributed by atoms with Gasteiger partial charge in [-0.25, -0.2) is 0 Å². The van der Waals surface area contributed by atoms with Gasteiger partial charge in [-0.2, -0.15) is 0 Å². The fraction of sp³-hybridized carbons (Fsp3) is 0.0323. The first-order valence-electron chi connectivity index (χ1n) is 22.3. The molecule has 302 valence electrons. The average molecular weight is 817 g/mol. The third kappa shape index (κ3) is 6.60. The van der Waals surface area contributed by atoms with Gasteiger partial charge in [0.05, 0.1) is 6.04 Å². The lowest BCUT2D eigenvalue weighted by atomic mass is 9.86. The lowest BCUT2D eigenvalue weighted by molar-refractivity contribution is 0.656. The second-order valence-corrected chi connectivity index (χ2v) is 16.8. The van der Waals surface area contributed by atoms with E-state index in [4.69, 9.17) is 0 Å². The van der Waals surface area contributed by atoms with Crippen molar-refractivity contribution in [3.8, 4) is 33.4 Å². The maximum absolute atomic E-state index is 2.54. The fourth-order valence-corrected chi connectivity index (χ4v) is 10.1. The summed E-state index contributed by atoms with van der Waals surface area (Å²) in [4.78, 5) is 2.41. The van der Waals surface area contributed by atoms with Gasteiger partial charge in [0.25, 0.3) is 0 Å². The van der Waals surface area contributed by atoms with Gasteiger partial charge in [0.15, 0.2) is 0 Å². The molecule has 2 nitrogen and oxygen atoms in total. The first-order chi connectivity index (χ1) is 31.7. The van der Waals surface area contributed by atoms with Crippen molar-refractivity contribution in [1.29, 1.82) is 0 Å². The quantitative estimate of drug-likeness (QED) is 0.148. The van der Waals surface area contributed by atoms with Crippen LogP contribution >= 0.6 is 0 Å². The Morgan fingerprint density at radius 3 is 1.52 bits per heavy atom. The highest BCUT2D eigenvalue weighted by Gasteiger charge is 2.24. The molecule has 1 heterocycles. The summed E-state index contributed by atoms with van der Waals surface area (Å²) in [5.74, 6) is 0. The van der Waals surface area contributed by atoms with Gasteiger partial charge < -0.3 is 9.47 Å². The largest absolute Gasteiger partial charge is 0.333 e. The van der Waals surface area contributed by atoms with Crippen molar-refractivity contribution >= 4 is 66.0 Å². The minimum Gasteiger partial charge on any atom is -0.333 e. The molecule has 1 aliphatic rings. The molecule has 0 spiro atoms. The highest BCUT2D eigenvalue weighted by atomic mass is 15.1. The number of rotatable bonds is 8. The van der Waals surface area contributed by atoms with Crippen LogP contribution in [0.5, 0.6) is 0 Å². The maximum atomic E-state index is 2.54. The second-order valence-electron chi connectivity index (χ2n) is 16.8. The molecule has 0 bridgehead atoms.